The first-order valence-electron chi connectivity index (χ1n) is 10.0. The molecule has 3 aromatic rings. The molecule has 1 atom stereocenters. The first-order valence-corrected chi connectivity index (χ1v) is 11.9. The van der Waals surface area contributed by atoms with E-state index in [0.717, 1.165) is 5.56 Å². The highest BCUT2D eigenvalue weighted by Crippen LogP contribution is 2.41. The van der Waals surface area contributed by atoms with Gasteiger partial charge in [0.05, 0.1) is 6.10 Å². The highest BCUT2D eigenvalue weighted by Gasteiger charge is 2.51. The van der Waals surface area contributed by atoms with Gasteiger partial charge in [-0.1, -0.05) is 93.6 Å². The monoisotopic (exact) mass is 402 g/mol. The first kappa shape index (κ1) is 21.0. The molecule has 1 heterocycles. The zero-order valence-electron chi connectivity index (χ0n) is 17.5. The number of nitrogens with two attached hydrogens (primary N) is 1. The van der Waals surface area contributed by atoms with E-state index < -0.39 is 8.32 Å². The van der Waals surface area contributed by atoms with Crippen molar-refractivity contribution in [2.24, 2.45) is 0 Å². The second-order valence-electron chi connectivity index (χ2n) is 8.27. The van der Waals surface area contributed by atoms with Crippen LogP contribution in [-0.2, 0) is 4.43 Å². The van der Waals surface area contributed by atoms with E-state index in [2.05, 4.69) is 93.0 Å². The number of hydrogen-bond acceptors (Lipinski definition) is 3. The van der Waals surface area contributed by atoms with Crippen molar-refractivity contribution in [3.8, 4) is 0 Å². The van der Waals surface area contributed by atoms with Crippen molar-refractivity contribution in [1.82, 2.24) is 4.98 Å². The molecule has 150 valence electrons. The summed E-state index contributed by atoms with van der Waals surface area (Å²) >= 11 is 0. The van der Waals surface area contributed by atoms with Crippen LogP contribution in [0.3, 0.4) is 0 Å². The predicted octanol–water partition coefficient (Wildman–Crippen LogP) is 4.86. The molecule has 0 bridgehead atoms. The fraction of sp³-hybridized carbons (Fsp3) is 0.240. The highest BCUT2D eigenvalue weighted by atomic mass is 28.4. The molecule has 0 spiro atoms. The molecule has 0 aliphatic heterocycles. The van der Waals surface area contributed by atoms with Gasteiger partial charge < -0.3 is 10.2 Å². The molecule has 4 heteroatoms. The van der Waals surface area contributed by atoms with Crippen molar-refractivity contribution < 1.29 is 4.43 Å². The molecule has 0 aliphatic rings. The fourth-order valence-electron chi connectivity index (χ4n) is 4.00. The van der Waals surface area contributed by atoms with Crippen molar-refractivity contribution in [2.45, 2.75) is 38.3 Å². The number of nitrogen functional groups attached to an aromatic ring is 1. The molecule has 0 saturated heterocycles. The molecule has 0 amide bonds. The van der Waals surface area contributed by atoms with Crippen LogP contribution in [0.1, 0.15) is 38.9 Å². The van der Waals surface area contributed by atoms with Crippen molar-refractivity contribution in [3.05, 3.63) is 97.2 Å². The number of rotatable bonds is 7. The lowest BCUT2D eigenvalue weighted by Crippen LogP contribution is -2.66. The van der Waals surface area contributed by atoms with Gasteiger partial charge in [-0.15, -0.1) is 6.58 Å². The summed E-state index contributed by atoms with van der Waals surface area (Å²) in [6.07, 6.45) is 4.06. The molecule has 0 saturated carbocycles. The summed E-state index contributed by atoms with van der Waals surface area (Å²) < 4.78 is 7.23. The van der Waals surface area contributed by atoms with Crippen LogP contribution in [0.4, 0.5) is 5.82 Å². The Bertz CT molecular complexity index is 896. The van der Waals surface area contributed by atoms with Crippen molar-refractivity contribution in [1.29, 1.82) is 0 Å². The van der Waals surface area contributed by atoms with Crippen molar-refractivity contribution >= 4 is 24.5 Å². The third-order valence-electron chi connectivity index (χ3n) is 5.33. The summed E-state index contributed by atoms with van der Waals surface area (Å²) in [7, 11) is -2.69. The Hall–Kier alpha value is -2.69. The Kier molecular flexibility index (Phi) is 6.35. The fourth-order valence-corrected chi connectivity index (χ4v) is 8.66. The lowest BCUT2D eigenvalue weighted by Gasteiger charge is -2.45. The smallest absolute Gasteiger partial charge is 0.261 e. The lowest BCUT2D eigenvalue weighted by atomic mass is 10.1. The van der Waals surface area contributed by atoms with Gasteiger partial charge in [0, 0.05) is 11.8 Å². The van der Waals surface area contributed by atoms with E-state index in [1.165, 1.54) is 10.4 Å². The van der Waals surface area contributed by atoms with Crippen LogP contribution in [0.25, 0.3) is 0 Å². The molecular formula is C25H30N2OSi. The van der Waals surface area contributed by atoms with Gasteiger partial charge in [-0.05, 0) is 27.9 Å². The molecule has 3 rings (SSSR count). The quantitative estimate of drug-likeness (QED) is 0.454. The van der Waals surface area contributed by atoms with E-state index in [9.17, 15) is 0 Å². The van der Waals surface area contributed by atoms with Gasteiger partial charge in [-0.3, -0.25) is 0 Å². The molecule has 2 N–H and O–H groups in total. The molecule has 29 heavy (non-hydrogen) atoms. The summed E-state index contributed by atoms with van der Waals surface area (Å²) in [5.74, 6) is 0.511. The Balaban J connectivity index is 2.24. The van der Waals surface area contributed by atoms with Gasteiger partial charge in [-0.25, -0.2) is 4.98 Å². The van der Waals surface area contributed by atoms with E-state index in [4.69, 9.17) is 10.2 Å². The normalized spacial score (nSPS) is 13.1. The maximum Gasteiger partial charge on any atom is 0.261 e. The summed E-state index contributed by atoms with van der Waals surface area (Å²) in [4.78, 5) is 4.30. The minimum absolute atomic E-state index is 0.105. The standard InChI is InChI=1S/C25H30N2OSi/c1-5-13-23(22-18-12-19-27-24(22)26)28-29(25(2,3)4,20-14-8-6-9-15-20)21-16-10-7-11-17-21/h5-12,14-19,23H,1,13H2,2-4H3,(H2,26,27). The third-order valence-corrected chi connectivity index (χ3v) is 10.4. The summed E-state index contributed by atoms with van der Waals surface area (Å²) in [6, 6.07) is 25.2. The van der Waals surface area contributed by atoms with E-state index in [0.29, 0.717) is 12.2 Å². The van der Waals surface area contributed by atoms with Gasteiger partial charge >= 0.3 is 0 Å². The van der Waals surface area contributed by atoms with Crippen molar-refractivity contribution in [2.75, 3.05) is 5.73 Å². The average Bonchev–Trinajstić information content (AvgIpc) is 2.72. The van der Waals surface area contributed by atoms with Gasteiger partial charge in [0.1, 0.15) is 5.82 Å². The van der Waals surface area contributed by atoms with E-state index >= 15 is 0 Å². The topological polar surface area (TPSA) is 48.1 Å². The Labute approximate surface area is 175 Å². The molecular weight excluding hydrogens is 372 g/mol. The number of benzene rings is 2. The van der Waals surface area contributed by atoms with Crippen LogP contribution in [0.2, 0.25) is 5.04 Å². The summed E-state index contributed by atoms with van der Waals surface area (Å²) in [5, 5.41) is 2.39. The van der Waals surface area contributed by atoms with Gasteiger partial charge in [0.15, 0.2) is 0 Å². The maximum atomic E-state index is 7.23. The number of hydrogen-bond donors (Lipinski definition) is 1. The molecule has 3 nitrogen and oxygen atoms in total. The molecule has 1 unspecified atom stereocenters. The summed E-state index contributed by atoms with van der Waals surface area (Å²) in [6.45, 7) is 10.8. The van der Waals surface area contributed by atoms with Gasteiger partial charge in [0.2, 0.25) is 0 Å². The van der Waals surface area contributed by atoms with E-state index in [-0.39, 0.29) is 11.1 Å². The molecule has 0 fully saturated rings. The van der Waals surface area contributed by atoms with Crippen LogP contribution in [-0.4, -0.2) is 13.3 Å². The van der Waals surface area contributed by atoms with Gasteiger partial charge in [-0.2, -0.15) is 0 Å². The minimum Gasteiger partial charge on any atom is -0.400 e. The van der Waals surface area contributed by atoms with Crippen LogP contribution >= 0.6 is 0 Å². The molecule has 2 aromatic carbocycles. The largest absolute Gasteiger partial charge is 0.400 e. The van der Waals surface area contributed by atoms with Crippen molar-refractivity contribution in [3.63, 3.8) is 0 Å². The minimum atomic E-state index is -2.69. The Morgan fingerprint density at radius 1 is 0.966 bits per heavy atom. The molecule has 1 aromatic heterocycles. The lowest BCUT2D eigenvalue weighted by molar-refractivity contribution is 0.194. The number of aromatic nitrogens is 1. The Morgan fingerprint density at radius 3 is 1.97 bits per heavy atom. The van der Waals surface area contributed by atoms with Crippen LogP contribution < -0.4 is 16.1 Å². The number of pyridine rings is 1. The molecule has 0 aliphatic carbocycles. The van der Waals surface area contributed by atoms with Crippen LogP contribution in [0, 0.1) is 0 Å². The van der Waals surface area contributed by atoms with Crippen LogP contribution in [0.15, 0.2) is 91.6 Å². The number of nitrogens with zero attached hydrogens (tertiary/aromatic N) is 1. The molecule has 0 radical (unpaired) electrons. The first-order chi connectivity index (χ1) is 13.9. The van der Waals surface area contributed by atoms with Gasteiger partial charge in [0.25, 0.3) is 8.32 Å². The zero-order valence-corrected chi connectivity index (χ0v) is 18.5. The summed E-state index contributed by atoms with van der Waals surface area (Å²) in [5.41, 5.74) is 7.16. The third kappa shape index (κ3) is 4.19. The van der Waals surface area contributed by atoms with E-state index in [1.54, 1.807) is 6.20 Å². The number of anilines is 1. The second-order valence-corrected chi connectivity index (χ2v) is 12.5. The maximum absolute atomic E-state index is 7.23. The Morgan fingerprint density at radius 2 is 1.52 bits per heavy atom. The second kappa shape index (κ2) is 8.76. The average molecular weight is 403 g/mol. The predicted molar refractivity (Wildman–Crippen MR) is 125 cm³/mol. The SMILES string of the molecule is C=CCC(O[Si](c1ccccc1)(c1ccccc1)C(C)(C)C)c1cccnc1N. The zero-order chi connectivity index (χ0) is 20.9. The van der Waals surface area contributed by atoms with Crippen LogP contribution in [0.5, 0.6) is 0 Å². The van der Waals surface area contributed by atoms with E-state index in [1.807, 2.05) is 18.2 Å². The highest BCUT2D eigenvalue weighted by molar-refractivity contribution is 6.99.